The molecule has 1 aromatic heterocycles. The van der Waals surface area contributed by atoms with Gasteiger partial charge >= 0.3 is 0 Å². The molecule has 1 aliphatic rings. The molecule has 0 unspecified atom stereocenters. The number of carbonyl (C=O) groups excluding carboxylic acids is 1. The van der Waals surface area contributed by atoms with Gasteiger partial charge in [0, 0.05) is 25.0 Å². The van der Waals surface area contributed by atoms with Crippen LogP contribution in [0.25, 0.3) is 0 Å². The van der Waals surface area contributed by atoms with E-state index in [-0.39, 0.29) is 11.3 Å². The zero-order valence-corrected chi connectivity index (χ0v) is 23.6. The van der Waals surface area contributed by atoms with Crippen LogP contribution in [0.4, 0.5) is 0 Å². The highest BCUT2D eigenvalue weighted by Gasteiger charge is 2.19. The van der Waals surface area contributed by atoms with E-state index in [0.717, 1.165) is 48.4 Å². The van der Waals surface area contributed by atoms with Crippen molar-refractivity contribution < 1.29 is 19.4 Å². The molecule has 0 aliphatic heterocycles. The monoisotopic (exact) mass is 513 g/mol. The fourth-order valence-corrected chi connectivity index (χ4v) is 3.77. The Morgan fingerprint density at radius 2 is 1.76 bits per heavy atom. The molecule has 0 amide bonds. The van der Waals surface area contributed by atoms with Gasteiger partial charge in [0.2, 0.25) is 0 Å². The first-order chi connectivity index (χ1) is 17.8. The standard InChI is InChI=1S/C10H21NO.C9H13NO.C8H5NO2.C3H8/c1-12-7-6-9-2-4-10(8-11)5-3-9;1-4-8-5-7(2)9(11-3)6-10-8;9-4-7-3-6(5-10)1-2-8(7)11;1-3-2/h9-10H,2-8,11H2,1H3;5-6H,4H2,1-3H3;1-3,5,11H;3H2,1-2H3. The van der Waals surface area contributed by atoms with Crippen LogP contribution in [0.3, 0.4) is 0 Å². The molecule has 206 valence electrons. The van der Waals surface area contributed by atoms with Crippen molar-refractivity contribution in [1.82, 2.24) is 4.98 Å². The summed E-state index contributed by atoms with van der Waals surface area (Å²) >= 11 is 0. The number of aromatic hydroxyl groups is 1. The normalized spacial score (nSPS) is 15.8. The Balaban J connectivity index is 0.000000499. The van der Waals surface area contributed by atoms with Crippen LogP contribution in [0.5, 0.6) is 11.5 Å². The first kappa shape index (κ1) is 34.0. The van der Waals surface area contributed by atoms with Gasteiger partial charge in [0.05, 0.1) is 18.9 Å². The van der Waals surface area contributed by atoms with Gasteiger partial charge in [-0.1, -0.05) is 40.0 Å². The van der Waals surface area contributed by atoms with Crippen molar-refractivity contribution in [3.05, 3.63) is 52.8 Å². The first-order valence-electron chi connectivity index (χ1n) is 13.2. The molecule has 0 bridgehead atoms. The average molecular weight is 514 g/mol. The van der Waals surface area contributed by atoms with E-state index in [9.17, 15) is 4.79 Å². The zero-order valence-electron chi connectivity index (χ0n) is 23.6. The van der Waals surface area contributed by atoms with Crippen molar-refractivity contribution >= 4 is 6.29 Å². The molecule has 0 saturated heterocycles. The lowest BCUT2D eigenvalue weighted by molar-refractivity contribution is 0.112. The van der Waals surface area contributed by atoms with Crippen molar-refractivity contribution in [2.24, 2.45) is 17.6 Å². The topological polar surface area (TPSA) is 118 Å². The van der Waals surface area contributed by atoms with Gasteiger partial charge in [0.15, 0.2) is 0 Å². The van der Waals surface area contributed by atoms with E-state index < -0.39 is 0 Å². The number of phenolic OH excluding ortho intramolecular Hbond substituents is 1. The van der Waals surface area contributed by atoms with Crippen molar-refractivity contribution in [2.45, 2.75) is 72.6 Å². The maximum atomic E-state index is 10.2. The molecular weight excluding hydrogens is 466 g/mol. The van der Waals surface area contributed by atoms with E-state index in [1.54, 1.807) is 26.5 Å². The van der Waals surface area contributed by atoms with Crippen molar-refractivity contribution in [2.75, 3.05) is 27.4 Å². The molecule has 37 heavy (non-hydrogen) atoms. The number of hydrogen-bond acceptors (Lipinski definition) is 7. The van der Waals surface area contributed by atoms with Gasteiger partial charge in [-0.2, -0.15) is 5.26 Å². The number of aldehydes is 1. The van der Waals surface area contributed by atoms with Crippen LogP contribution in [0.1, 0.15) is 86.5 Å². The number of pyridine rings is 1. The smallest absolute Gasteiger partial charge is 0.150 e. The van der Waals surface area contributed by atoms with Crippen molar-refractivity contribution in [3.8, 4) is 17.6 Å². The summed E-state index contributed by atoms with van der Waals surface area (Å²) in [6.45, 7) is 10.2. The largest absolute Gasteiger partial charge is 0.507 e. The number of aromatic nitrogens is 1. The van der Waals surface area contributed by atoms with E-state index >= 15 is 0 Å². The average Bonchev–Trinajstić information content (AvgIpc) is 2.93. The number of methoxy groups -OCH3 is 2. The third kappa shape index (κ3) is 14.4. The lowest BCUT2D eigenvalue weighted by Gasteiger charge is -2.27. The molecule has 1 fully saturated rings. The maximum Gasteiger partial charge on any atom is 0.150 e. The lowest BCUT2D eigenvalue weighted by Crippen LogP contribution is -2.21. The highest BCUT2D eigenvalue weighted by molar-refractivity contribution is 5.76. The Bertz CT molecular complexity index is 920. The van der Waals surface area contributed by atoms with Crippen LogP contribution < -0.4 is 10.5 Å². The summed E-state index contributed by atoms with van der Waals surface area (Å²) < 4.78 is 10.2. The summed E-state index contributed by atoms with van der Waals surface area (Å²) in [5.41, 5.74) is 8.40. The molecule has 1 heterocycles. The maximum absolute atomic E-state index is 10.2. The molecular formula is C30H47N3O4. The molecule has 2 aromatic rings. The highest BCUT2D eigenvalue weighted by atomic mass is 16.5. The second kappa shape index (κ2) is 21.2. The van der Waals surface area contributed by atoms with Gasteiger partial charge in [-0.15, -0.1) is 0 Å². The van der Waals surface area contributed by atoms with Gasteiger partial charge in [-0.25, -0.2) is 0 Å². The number of nitrogens with two attached hydrogens (primary N) is 1. The SMILES string of the molecule is CCC.CCc1cc(C)c(OC)cn1.COCCC1CCC(CN)CC1.N#Cc1cc(C=O)ccc1O. The number of nitrogens with zero attached hydrogens (tertiary/aromatic N) is 2. The Morgan fingerprint density at radius 3 is 2.22 bits per heavy atom. The van der Waals surface area contributed by atoms with Crippen LogP contribution in [-0.2, 0) is 11.2 Å². The van der Waals surface area contributed by atoms with Gasteiger partial charge in [-0.05, 0) is 80.8 Å². The molecule has 0 atom stereocenters. The number of phenols is 1. The minimum atomic E-state index is -0.0990. The second-order valence-electron chi connectivity index (χ2n) is 9.12. The summed E-state index contributed by atoms with van der Waals surface area (Å²) in [4.78, 5) is 14.4. The Morgan fingerprint density at radius 1 is 1.14 bits per heavy atom. The molecule has 3 N–H and O–H groups in total. The number of nitriles is 1. The molecule has 0 radical (unpaired) electrons. The van der Waals surface area contributed by atoms with E-state index in [1.807, 2.05) is 6.92 Å². The number of rotatable bonds is 7. The van der Waals surface area contributed by atoms with Crippen molar-refractivity contribution in [3.63, 3.8) is 0 Å². The van der Waals surface area contributed by atoms with Crippen LogP contribution in [0.15, 0.2) is 30.5 Å². The predicted octanol–water partition coefficient (Wildman–Crippen LogP) is 6.24. The quantitative estimate of drug-likeness (QED) is 0.420. The second-order valence-corrected chi connectivity index (χ2v) is 9.12. The third-order valence-electron chi connectivity index (χ3n) is 6.01. The Kier molecular flexibility index (Phi) is 19.5. The first-order valence-corrected chi connectivity index (χ1v) is 13.2. The molecule has 1 saturated carbocycles. The fraction of sp³-hybridized carbons (Fsp3) is 0.567. The Hall–Kier alpha value is -2.95. The van der Waals surface area contributed by atoms with Gasteiger partial charge in [0.25, 0.3) is 0 Å². The van der Waals surface area contributed by atoms with Crippen molar-refractivity contribution in [1.29, 1.82) is 5.26 Å². The summed E-state index contributed by atoms with van der Waals surface area (Å²) in [6.07, 6.45) is 11.3. The molecule has 1 aliphatic carbocycles. The Labute approximate surface area is 224 Å². The fourth-order valence-electron chi connectivity index (χ4n) is 3.77. The minimum absolute atomic E-state index is 0.0990. The predicted molar refractivity (Wildman–Crippen MR) is 150 cm³/mol. The van der Waals surface area contributed by atoms with E-state index in [4.69, 9.17) is 25.6 Å². The number of benzene rings is 1. The number of hydrogen-bond donors (Lipinski definition) is 2. The van der Waals surface area contributed by atoms with Crippen LogP contribution in [-0.4, -0.2) is 43.7 Å². The third-order valence-corrected chi connectivity index (χ3v) is 6.01. The number of carbonyl (C=O) groups is 1. The lowest BCUT2D eigenvalue weighted by atomic mass is 9.81. The summed E-state index contributed by atoms with van der Waals surface area (Å²) in [5, 5.41) is 17.4. The van der Waals surface area contributed by atoms with Gasteiger partial charge in [0.1, 0.15) is 23.9 Å². The molecule has 1 aromatic carbocycles. The molecule has 7 nitrogen and oxygen atoms in total. The minimum Gasteiger partial charge on any atom is -0.507 e. The van der Waals surface area contributed by atoms with Crippen LogP contribution in [0.2, 0.25) is 0 Å². The molecule has 7 heteroatoms. The summed E-state index contributed by atoms with van der Waals surface area (Å²) in [7, 11) is 3.45. The number of ether oxygens (including phenoxy) is 2. The van der Waals surface area contributed by atoms with E-state index in [0.29, 0.717) is 11.8 Å². The summed E-state index contributed by atoms with van der Waals surface area (Å²) in [6, 6.07) is 7.92. The van der Waals surface area contributed by atoms with Gasteiger partial charge in [-0.3, -0.25) is 9.78 Å². The molecule has 3 rings (SSSR count). The molecule has 0 spiro atoms. The van der Waals surface area contributed by atoms with Crippen LogP contribution >= 0.6 is 0 Å². The van der Waals surface area contributed by atoms with E-state index in [1.165, 1.54) is 56.7 Å². The van der Waals surface area contributed by atoms with E-state index in [2.05, 4.69) is 31.8 Å². The van der Waals surface area contributed by atoms with Gasteiger partial charge < -0.3 is 20.3 Å². The number of aryl methyl sites for hydroxylation is 2. The highest BCUT2D eigenvalue weighted by Crippen LogP contribution is 2.29. The van der Waals surface area contributed by atoms with Crippen LogP contribution in [0, 0.1) is 30.1 Å². The summed E-state index contributed by atoms with van der Waals surface area (Å²) in [5.74, 6) is 2.48. The zero-order chi connectivity index (χ0) is 28.1.